The molecule has 2 saturated carbocycles. The van der Waals surface area contributed by atoms with Crippen molar-refractivity contribution in [2.45, 2.75) is 160 Å². The third kappa shape index (κ3) is 7.81. The number of halogens is 1. The van der Waals surface area contributed by atoms with Crippen LogP contribution in [-0.2, 0) is 19.2 Å². The third-order valence-electron chi connectivity index (χ3n) is 15.2. The number of carbonyl (C=O) groups excluding carboxylic acids is 6. The molecule has 2 spiro atoms. The lowest BCUT2D eigenvalue weighted by atomic mass is 9.79. The number of hydrogen-bond donors (Lipinski definition) is 1. The lowest BCUT2D eigenvalue weighted by molar-refractivity contribution is -0.160. The van der Waals surface area contributed by atoms with E-state index in [-0.39, 0.29) is 60.7 Å². The maximum absolute atomic E-state index is 17.8. The Balaban J connectivity index is 1.56. The van der Waals surface area contributed by atoms with E-state index in [1.54, 1.807) is 24.3 Å². The second-order valence-corrected chi connectivity index (χ2v) is 20.8. The van der Waals surface area contributed by atoms with Gasteiger partial charge in [-0.05, 0) is 108 Å². The molecular weight excluding hydrogens is 888 g/mol. The molecule has 0 aromatic heterocycles. The largest absolute Gasteiger partial charge is 0.497 e. The maximum atomic E-state index is 17.8. The normalized spacial score (nSPS) is 18.7. The molecule has 0 bridgehead atoms. The van der Waals surface area contributed by atoms with Crippen LogP contribution in [0.2, 0.25) is 0 Å². The van der Waals surface area contributed by atoms with Gasteiger partial charge >= 0.3 is 12.1 Å². The number of urea groups is 2. The van der Waals surface area contributed by atoms with Crippen LogP contribution in [0.15, 0.2) is 84.9 Å². The summed E-state index contributed by atoms with van der Waals surface area (Å²) >= 11 is 0. The van der Waals surface area contributed by atoms with Crippen molar-refractivity contribution in [2.24, 2.45) is 5.73 Å². The Morgan fingerprint density at radius 2 is 1.01 bits per heavy atom. The number of ether oxygens (including phenoxy) is 1. The molecule has 370 valence electrons. The molecule has 8 rings (SSSR count). The van der Waals surface area contributed by atoms with Gasteiger partial charge in [0.05, 0.1) is 30.6 Å². The number of methoxy groups -OCH3 is 1. The third-order valence-corrected chi connectivity index (χ3v) is 15.2. The molecule has 4 aromatic carbocycles. The minimum Gasteiger partial charge on any atom is -0.497 e. The molecule has 2 N–H and O–H groups in total. The highest BCUT2D eigenvalue weighted by Crippen LogP contribution is 2.54. The first-order valence-corrected chi connectivity index (χ1v) is 24.9. The van der Waals surface area contributed by atoms with E-state index in [1.165, 1.54) is 46.1 Å². The van der Waals surface area contributed by atoms with Crippen molar-refractivity contribution < 1.29 is 37.9 Å². The molecule has 4 aliphatic rings. The standard InChI is InChI=1S/C56H67FN6O7/c1-34(2)42-20-16-21-43(35(3)4)47(42)59(48-44(36(5)6)22-17-23-45(48)37(7)8)51(67)56(33-46(58)64,62-49(65)54(30-13-14-31-54)60(52(62)68)39-26-24-38(57)25-27-39)63-50(66)55(28-11-10-12-29-55)61(53(63)69)40-18-15-19-41(32-40)70-9/h15-27,32,34-37H,10-14,28-31,33H2,1-9H3,(H2,58,64). The van der Waals surface area contributed by atoms with Crippen LogP contribution in [0.3, 0.4) is 0 Å². The molecule has 70 heavy (non-hydrogen) atoms. The summed E-state index contributed by atoms with van der Waals surface area (Å²) in [5.74, 6) is -4.91. The van der Waals surface area contributed by atoms with E-state index >= 15 is 24.0 Å². The SMILES string of the molecule is COc1cccc(N2C(=O)N(C(CC(N)=O)(C(=O)N(c3c(C(C)C)cccc3C(C)C)c3c(C(C)C)cccc3C(C)C)N3C(=O)N(c4ccc(F)cc4)C4(CCCC4)C3=O)C(=O)C23CCCCC3)c1. The van der Waals surface area contributed by atoms with Crippen molar-refractivity contribution in [1.82, 2.24) is 9.80 Å². The van der Waals surface area contributed by atoms with E-state index in [4.69, 9.17) is 10.5 Å². The fraction of sp³-hybridized carbons (Fsp3) is 0.464. The highest BCUT2D eigenvalue weighted by molar-refractivity contribution is 6.27. The molecule has 4 aromatic rings. The Morgan fingerprint density at radius 1 is 0.614 bits per heavy atom. The zero-order valence-corrected chi connectivity index (χ0v) is 42.0. The smallest absolute Gasteiger partial charge is 0.334 e. The Labute approximate surface area is 411 Å². The van der Waals surface area contributed by atoms with Gasteiger partial charge in [-0.2, -0.15) is 0 Å². The van der Waals surface area contributed by atoms with Crippen LogP contribution in [0.25, 0.3) is 0 Å². The quantitative estimate of drug-likeness (QED) is 0.123. The zero-order chi connectivity index (χ0) is 50.6. The minimum atomic E-state index is -3.06. The maximum Gasteiger partial charge on any atom is 0.334 e. The number of para-hydroxylation sites is 2. The first-order valence-electron chi connectivity index (χ1n) is 24.9. The molecule has 2 saturated heterocycles. The topological polar surface area (TPSA) is 154 Å². The van der Waals surface area contributed by atoms with E-state index in [2.05, 4.69) is 0 Å². The van der Waals surface area contributed by atoms with E-state index in [0.717, 1.165) is 38.5 Å². The Hall–Kier alpha value is -6.57. The second kappa shape index (κ2) is 19.0. The monoisotopic (exact) mass is 955 g/mol. The van der Waals surface area contributed by atoms with Crippen molar-refractivity contribution in [3.63, 3.8) is 0 Å². The first kappa shape index (κ1) is 49.8. The van der Waals surface area contributed by atoms with Crippen molar-refractivity contribution >= 4 is 58.4 Å². The number of nitrogens with zero attached hydrogens (tertiary/aromatic N) is 5. The van der Waals surface area contributed by atoms with Crippen molar-refractivity contribution in [3.8, 4) is 5.75 Å². The van der Waals surface area contributed by atoms with Gasteiger partial charge in [0.1, 0.15) is 22.6 Å². The van der Waals surface area contributed by atoms with Gasteiger partial charge in [-0.15, -0.1) is 0 Å². The first-order chi connectivity index (χ1) is 33.3. The Morgan fingerprint density at radius 3 is 1.41 bits per heavy atom. The number of hydrogen-bond acceptors (Lipinski definition) is 7. The summed E-state index contributed by atoms with van der Waals surface area (Å²) in [6.07, 6.45) is 2.42. The molecule has 8 amide bonds. The molecule has 1 atom stereocenters. The summed E-state index contributed by atoms with van der Waals surface area (Å²) in [6, 6.07) is 21.4. The fourth-order valence-corrected chi connectivity index (χ4v) is 11.8. The lowest BCUT2D eigenvalue weighted by Crippen LogP contribution is -2.73. The van der Waals surface area contributed by atoms with Gasteiger partial charge in [0.25, 0.3) is 17.7 Å². The van der Waals surface area contributed by atoms with Crippen LogP contribution in [0.1, 0.15) is 166 Å². The average Bonchev–Trinajstić information content (AvgIpc) is 3.96. The zero-order valence-electron chi connectivity index (χ0n) is 42.0. The van der Waals surface area contributed by atoms with Gasteiger partial charge in [-0.25, -0.2) is 23.8 Å². The summed E-state index contributed by atoms with van der Waals surface area (Å²) in [5.41, 5.74) is 4.38. The van der Waals surface area contributed by atoms with Crippen LogP contribution < -0.4 is 25.2 Å². The van der Waals surface area contributed by atoms with E-state index in [0.29, 0.717) is 42.8 Å². The molecule has 1 unspecified atom stereocenters. The van der Waals surface area contributed by atoms with Crippen LogP contribution in [0.5, 0.6) is 5.75 Å². The molecule has 13 nitrogen and oxygen atoms in total. The summed E-state index contributed by atoms with van der Waals surface area (Å²) < 4.78 is 20.3. The highest BCUT2D eigenvalue weighted by Gasteiger charge is 2.74. The van der Waals surface area contributed by atoms with Gasteiger partial charge in [-0.1, -0.05) is 130 Å². The van der Waals surface area contributed by atoms with Gasteiger partial charge in [0.2, 0.25) is 11.6 Å². The van der Waals surface area contributed by atoms with E-state index in [1.807, 2.05) is 91.8 Å². The second-order valence-electron chi connectivity index (χ2n) is 20.8. The summed E-state index contributed by atoms with van der Waals surface area (Å²) in [5, 5.41) is 0. The summed E-state index contributed by atoms with van der Waals surface area (Å²) in [7, 11) is 1.49. The average molecular weight is 955 g/mol. The predicted octanol–water partition coefficient (Wildman–Crippen LogP) is 11.5. The minimum absolute atomic E-state index is 0.152. The molecule has 2 aliphatic heterocycles. The van der Waals surface area contributed by atoms with Gasteiger partial charge in [-0.3, -0.25) is 33.9 Å². The van der Waals surface area contributed by atoms with Crippen molar-refractivity contribution in [3.05, 3.63) is 113 Å². The van der Waals surface area contributed by atoms with Gasteiger partial charge < -0.3 is 10.5 Å². The Bertz CT molecular complexity index is 2610. The van der Waals surface area contributed by atoms with Crippen LogP contribution >= 0.6 is 0 Å². The number of nitrogens with two attached hydrogens (primary N) is 1. The molecule has 2 aliphatic carbocycles. The Kier molecular flexibility index (Phi) is 13.5. The molecule has 2 heterocycles. The number of anilines is 4. The van der Waals surface area contributed by atoms with Crippen LogP contribution in [0.4, 0.5) is 36.7 Å². The predicted molar refractivity (Wildman–Crippen MR) is 269 cm³/mol. The highest BCUT2D eigenvalue weighted by atomic mass is 19.1. The number of imide groups is 2. The fourth-order valence-electron chi connectivity index (χ4n) is 11.8. The van der Waals surface area contributed by atoms with Gasteiger partial charge in [0, 0.05) is 11.8 Å². The van der Waals surface area contributed by atoms with Gasteiger partial charge in [0.15, 0.2) is 0 Å². The number of carbonyl (C=O) groups is 6. The molecule has 4 fully saturated rings. The lowest BCUT2D eigenvalue weighted by Gasteiger charge is -2.47. The molecule has 0 radical (unpaired) electrons. The number of primary amides is 1. The summed E-state index contributed by atoms with van der Waals surface area (Å²) in [4.78, 5) is 103. The number of amides is 8. The van der Waals surface area contributed by atoms with E-state index in [9.17, 15) is 9.18 Å². The van der Waals surface area contributed by atoms with E-state index < -0.39 is 64.7 Å². The molecule has 14 heteroatoms. The number of rotatable bonds is 14. The van der Waals surface area contributed by atoms with Crippen LogP contribution in [-0.4, -0.2) is 69.3 Å². The van der Waals surface area contributed by atoms with Crippen molar-refractivity contribution in [1.29, 1.82) is 0 Å². The van der Waals surface area contributed by atoms with Crippen LogP contribution in [0, 0.1) is 5.82 Å². The molecular formula is C56H67FN6O7. The van der Waals surface area contributed by atoms with Crippen molar-refractivity contribution in [2.75, 3.05) is 21.8 Å². The summed E-state index contributed by atoms with van der Waals surface area (Å²) in [6.45, 7) is 16.0. The number of benzene rings is 4.